The Hall–Kier alpha value is -3.34. The number of nitrogens with zero attached hydrogens (tertiary/aromatic N) is 2. The number of rotatable bonds is 4. The highest BCUT2D eigenvalue weighted by Gasteiger charge is 2.17. The van der Waals surface area contributed by atoms with Crippen LogP contribution in [0.2, 0.25) is 0 Å². The van der Waals surface area contributed by atoms with Crippen LogP contribution in [-0.4, -0.2) is 15.2 Å². The second-order valence-corrected chi connectivity index (χ2v) is 5.87. The monoisotopic (exact) mass is 330 g/mol. The van der Waals surface area contributed by atoms with Crippen LogP contribution in [0.25, 0.3) is 18.2 Å². The van der Waals surface area contributed by atoms with Crippen molar-refractivity contribution in [3.05, 3.63) is 77.1 Å². The van der Waals surface area contributed by atoms with Crippen LogP contribution in [0.3, 0.4) is 0 Å². The Labute approximate surface area is 145 Å². The van der Waals surface area contributed by atoms with Crippen molar-refractivity contribution < 1.29 is 4.74 Å². The van der Waals surface area contributed by atoms with Gasteiger partial charge in [0.1, 0.15) is 11.5 Å². The number of hydrogen-bond donors (Lipinski definition) is 2. The van der Waals surface area contributed by atoms with Gasteiger partial charge >= 0.3 is 0 Å². The molecule has 124 valence electrons. The molecule has 3 aromatic rings. The van der Waals surface area contributed by atoms with Crippen LogP contribution < -0.4 is 10.5 Å². The van der Waals surface area contributed by atoms with Crippen LogP contribution in [0.5, 0.6) is 5.75 Å². The number of H-pyrrole nitrogens is 1. The van der Waals surface area contributed by atoms with E-state index in [0.717, 1.165) is 41.4 Å². The van der Waals surface area contributed by atoms with E-state index < -0.39 is 0 Å². The molecule has 1 aromatic carbocycles. The topological polar surface area (TPSA) is 76.8 Å². The van der Waals surface area contributed by atoms with E-state index in [4.69, 9.17) is 10.5 Å². The lowest BCUT2D eigenvalue weighted by molar-refractivity contribution is 0.406. The predicted molar refractivity (Wildman–Crippen MR) is 99.5 cm³/mol. The lowest BCUT2D eigenvalue weighted by atomic mass is 10.00. The van der Waals surface area contributed by atoms with Crippen LogP contribution >= 0.6 is 0 Å². The third-order valence-electron chi connectivity index (χ3n) is 4.06. The zero-order chi connectivity index (χ0) is 17.1. The molecule has 0 amide bonds. The van der Waals surface area contributed by atoms with Crippen molar-refractivity contribution in [2.45, 2.75) is 12.8 Å². The highest BCUT2D eigenvalue weighted by molar-refractivity contribution is 5.71. The van der Waals surface area contributed by atoms with Gasteiger partial charge in [0.15, 0.2) is 0 Å². The molecule has 0 aliphatic heterocycles. The molecule has 5 nitrogen and oxygen atoms in total. The summed E-state index contributed by atoms with van der Waals surface area (Å²) in [6.45, 7) is 0. The number of aromatic nitrogens is 3. The average Bonchev–Trinajstić information content (AvgIpc) is 3.03. The molecule has 1 aliphatic rings. The van der Waals surface area contributed by atoms with Crippen molar-refractivity contribution in [3.8, 4) is 5.75 Å². The fourth-order valence-corrected chi connectivity index (χ4v) is 2.84. The summed E-state index contributed by atoms with van der Waals surface area (Å²) in [7, 11) is 0. The molecule has 0 fully saturated rings. The van der Waals surface area contributed by atoms with E-state index in [0.29, 0.717) is 5.69 Å². The lowest BCUT2D eigenvalue weighted by Gasteiger charge is -2.15. The van der Waals surface area contributed by atoms with E-state index in [1.54, 1.807) is 6.20 Å². The van der Waals surface area contributed by atoms with Gasteiger partial charge in [0.2, 0.25) is 0 Å². The van der Waals surface area contributed by atoms with E-state index in [2.05, 4.69) is 15.2 Å². The van der Waals surface area contributed by atoms with Gasteiger partial charge in [-0.15, -0.1) is 0 Å². The standard InChI is InChI=1S/C20H18N4O/c21-14-4-3-6-16(12-14)25-17-8-9-18-19(23-24-20(18)13-17)10-7-15-5-1-2-11-22-15/h1-7,10-13H,8-9,21H2,(H,23,24)/b10-7+. The first kappa shape index (κ1) is 15.2. The molecule has 0 radical (unpaired) electrons. The van der Waals surface area contributed by atoms with Gasteiger partial charge in [0, 0.05) is 36.0 Å². The van der Waals surface area contributed by atoms with Crippen molar-refractivity contribution in [2.24, 2.45) is 0 Å². The number of pyridine rings is 1. The largest absolute Gasteiger partial charge is 0.462 e. The Morgan fingerprint density at radius 3 is 2.88 bits per heavy atom. The molecule has 0 atom stereocenters. The molecule has 2 heterocycles. The van der Waals surface area contributed by atoms with Crippen molar-refractivity contribution in [3.63, 3.8) is 0 Å². The molecular formula is C20H18N4O. The third-order valence-corrected chi connectivity index (χ3v) is 4.06. The summed E-state index contributed by atoms with van der Waals surface area (Å²) < 4.78 is 5.94. The van der Waals surface area contributed by atoms with Gasteiger partial charge in [-0.05, 0) is 42.8 Å². The van der Waals surface area contributed by atoms with Gasteiger partial charge in [-0.3, -0.25) is 10.1 Å². The Morgan fingerprint density at radius 1 is 1.08 bits per heavy atom. The Bertz CT molecular complexity index is 941. The number of benzene rings is 1. The van der Waals surface area contributed by atoms with Gasteiger partial charge in [0.25, 0.3) is 0 Å². The van der Waals surface area contributed by atoms with E-state index in [-0.39, 0.29) is 0 Å². The van der Waals surface area contributed by atoms with Crippen LogP contribution in [0, 0.1) is 0 Å². The number of aromatic amines is 1. The average molecular weight is 330 g/mol. The number of nitrogens with one attached hydrogen (secondary N) is 1. The van der Waals surface area contributed by atoms with Gasteiger partial charge in [0.05, 0.1) is 17.1 Å². The van der Waals surface area contributed by atoms with Gasteiger partial charge in [-0.1, -0.05) is 12.1 Å². The third kappa shape index (κ3) is 3.45. The van der Waals surface area contributed by atoms with Crippen LogP contribution in [0.4, 0.5) is 5.69 Å². The molecule has 3 N–H and O–H groups in total. The Morgan fingerprint density at radius 2 is 2.04 bits per heavy atom. The molecule has 1 aliphatic carbocycles. The van der Waals surface area contributed by atoms with E-state index in [9.17, 15) is 0 Å². The minimum Gasteiger partial charge on any atom is -0.462 e. The molecule has 0 spiro atoms. The highest BCUT2D eigenvalue weighted by Crippen LogP contribution is 2.28. The molecule has 0 saturated heterocycles. The number of fused-ring (bicyclic) bond motifs is 1. The van der Waals surface area contributed by atoms with Gasteiger partial charge in [-0.25, -0.2) is 0 Å². The molecule has 4 rings (SSSR count). The van der Waals surface area contributed by atoms with E-state index in [1.807, 2.05) is 60.7 Å². The fraction of sp³-hybridized carbons (Fsp3) is 0.100. The minimum atomic E-state index is 0.693. The molecule has 0 bridgehead atoms. The number of hydrogen-bond acceptors (Lipinski definition) is 4. The smallest absolute Gasteiger partial charge is 0.128 e. The molecule has 0 saturated carbocycles. The quantitative estimate of drug-likeness (QED) is 0.711. The van der Waals surface area contributed by atoms with Crippen LogP contribution in [0.1, 0.15) is 29.1 Å². The predicted octanol–water partition coefficient (Wildman–Crippen LogP) is 3.92. The van der Waals surface area contributed by atoms with Crippen LogP contribution in [-0.2, 0) is 6.42 Å². The normalized spacial score (nSPS) is 13.5. The Balaban J connectivity index is 1.53. The van der Waals surface area contributed by atoms with E-state index in [1.165, 1.54) is 5.56 Å². The summed E-state index contributed by atoms with van der Waals surface area (Å²) in [5.74, 6) is 1.66. The number of anilines is 1. The number of ether oxygens (including phenoxy) is 1. The van der Waals surface area contributed by atoms with Crippen molar-refractivity contribution in [2.75, 3.05) is 5.73 Å². The molecule has 25 heavy (non-hydrogen) atoms. The van der Waals surface area contributed by atoms with Crippen molar-refractivity contribution >= 4 is 23.9 Å². The summed E-state index contributed by atoms with van der Waals surface area (Å²) in [5.41, 5.74) is 10.5. The van der Waals surface area contributed by atoms with Crippen molar-refractivity contribution in [1.29, 1.82) is 0 Å². The maximum Gasteiger partial charge on any atom is 0.128 e. The molecular weight excluding hydrogens is 312 g/mol. The fourth-order valence-electron chi connectivity index (χ4n) is 2.84. The number of allylic oxidation sites excluding steroid dienone is 1. The molecule has 0 unspecified atom stereocenters. The first-order valence-corrected chi connectivity index (χ1v) is 8.18. The van der Waals surface area contributed by atoms with Gasteiger partial charge in [-0.2, -0.15) is 5.10 Å². The summed E-state index contributed by atoms with van der Waals surface area (Å²) in [6.07, 6.45) is 9.46. The summed E-state index contributed by atoms with van der Waals surface area (Å²) >= 11 is 0. The van der Waals surface area contributed by atoms with E-state index >= 15 is 0 Å². The highest BCUT2D eigenvalue weighted by atomic mass is 16.5. The number of nitrogen functional groups attached to an aromatic ring is 1. The minimum absolute atomic E-state index is 0.693. The molecule has 2 aromatic heterocycles. The SMILES string of the molecule is Nc1cccc(OC2=Cc3[nH]nc(/C=C/c4ccccn4)c3CC2)c1. The zero-order valence-corrected chi connectivity index (χ0v) is 13.6. The van der Waals surface area contributed by atoms with Crippen LogP contribution in [0.15, 0.2) is 54.4 Å². The second kappa shape index (κ2) is 6.65. The van der Waals surface area contributed by atoms with Crippen molar-refractivity contribution in [1.82, 2.24) is 15.2 Å². The maximum atomic E-state index is 5.94. The van der Waals surface area contributed by atoms with Gasteiger partial charge < -0.3 is 10.5 Å². The summed E-state index contributed by atoms with van der Waals surface area (Å²) in [6, 6.07) is 13.3. The maximum absolute atomic E-state index is 5.94. The summed E-state index contributed by atoms with van der Waals surface area (Å²) in [5, 5.41) is 7.50. The molecule has 5 heteroatoms. The Kier molecular flexibility index (Phi) is 4.04. The first-order valence-electron chi connectivity index (χ1n) is 8.18. The second-order valence-electron chi connectivity index (χ2n) is 5.87. The summed E-state index contributed by atoms with van der Waals surface area (Å²) in [4.78, 5) is 4.29. The zero-order valence-electron chi connectivity index (χ0n) is 13.6. The lowest BCUT2D eigenvalue weighted by Crippen LogP contribution is -2.04. The number of nitrogens with two attached hydrogens (primary N) is 1. The first-order chi connectivity index (χ1) is 12.3.